The lowest BCUT2D eigenvalue weighted by Gasteiger charge is -2.32. The molecular formula is C11H21F3N2O. The highest BCUT2D eigenvalue weighted by Crippen LogP contribution is 2.24. The molecule has 1 saturated heterocycles. The third-order valence-corrected chi connectivity index (χ3v) is 3.45. The zero-order valence-electron chi connectivity index (χ0n) is 10.2. The Balaban J connectivity index is 2.55. The number of hydrogen-bond acceptors (Lipinski definition) is 3. The smallest absolute Gasteiger partial charge is 0.394 e. The lowest BCUT2D eigenvalue weighted by atomic mass is 9.91. The Bertz CT molecular complexity index is 235. The molecule has 0 aromatic rings. The summed E-state index contributed by atoms with van der Waals surface area (Å²) in [6.07, 6.45) is -2.25. The van der Waals surface area contributed by atoms with Crippen LogP contribution < -0.4 is 5.32 Å². The van der Waals surface area contributed by atoms with Crippen LogP contribution in [0.2, 0.25) is 0 Å². The van der Waals surface area contributed by atoms with E-state index in [0.29, 0.717) is 12.8 Å². The van der Waals surface area contributed by atoms with Crippen molar-refractivity contribution in [2.75, 3.05) is 32.8 Å². The van der Waals surface area contributed by atoms with E-state index in [0.717, 1.165) is 26.1 Å². The van der Waals surface area contributed by atoms with Crippen molar-refractivity contribution in [3.05, 3.63) is 0 Å². The second-order valence-electron chi connectivity index (χ2n) is 4.69. The number of rotatable bonds is 4. The highest BCUT2D eigenvalue weighted by Gasteiger charge is 2.36. The molecule has 1 unspecified atom stereocenters. The summed E-state index contributed by atoms with van der Waals surface area (Å²) >= 11 is 0. The van der Waals surface area contributed by atoms with Gasteiger partial charge in [0.2, 0.25) is 0 Å². The maximum absolute atomic E-state index is 12.2. The number of halogens is 3. The Morgan fingerprint density at radius 3 is 2.53 bits per heavy atom. The van der Waals surface area contributed by atoms with Gasteiger partial charge < -0.3 is 15.3 Å². The molecule has 0 spiro atoms. The average Bonchev–Trinajstić information content (AvgIpc) is 2.48. The van der Waals surface area contributed by atoms with Gasteiger partial charge >= 0.3 is 6.18 Å². The minimum absolute atomic E-state index is 0.235. The van der Waals surface area contributed by atoms with Crippen molar-refractivity contribution in [3.63, 3.8) is 0 Å². The average molecular weight is 254 g/mol. The molecule has 1 rings (SSSR count). The Morgan fingerprint density at radius 2 is 2.00 bits per heavy atom. The summed E-state index contributed by atoms with van der Waals surface area (Å²) in [6, 6.07) is 0. The highest BCUT2D eigenvalue weighted by molar-refractivity contribution is 4.91. The van der Waals surface area contributed by atoms with E-state index in [2.05, 4.69) is 10.2 Å². The fourth-order valence-corrected chi connectivity index (χ4v) is 2.24. The predicted molar refractivity (Wildman–Crippen MR) is 59.8 cm³/mol. The minimum atomic E-state index is -4.22. The minimum Gasteiger partial charge on any atom is -0.394 e. The number of nitrogens with one attached hydrogen (secondary N) is 1. The maximum Gasteiger partial charge on any atom is 0.401 e. The molecule has 1 fully saturated rings. The molecule has 0 amide bonds. The van der Waals surface area contributed by atoms with E-state index in [1.54, 1.807) is 0 Å². The third-order valence-electron chi connectivity index (χ3n) is 3.45. The number of alkyl halides is 3. The lowest BCUT2D eigenvalue weighted by molar-refractivity contribution is -0.130. The predicted octanol–water partition coefficient (Wildman–Crippen LogP) is 1.38. The van der Waals surface area contributed by atoms with Gasteiger partial charge in [-0.3, -0.25) is 0 Å². The first-order valence-electron chi connectivity index (χ1n) is 6.06. The molecule has 1 atom stereocenters. The van der Waals surface area contributed by atoms with Crippen LogP contribution in [-0.4, -0.2) is 54.5 Å². The quantitative estimate of drug-likeness (QED) is 0.795. The van der Waals surface area contributed by atoms with Gasteiger partial charge in [0.1, 0.15) is 0 Å². The van der Waals surface area contributed by atoms with Crippen LogP contribution in [-0.2, 0) is 0 Å². The van der Waals surface area contributed by atoms with E-state index in [9.17, 15) is 18.3 Å². The normalized spacial score (nSPS) is 28.1. The summed E-state index contributed by atoms with van der Waals surface area (Å²) in [5.41, 5.74) is -0.764. The Hall–Kier alpha value is -0.330. The molecule has 17 heavy (non-hydrogen) atoms. The topological polar surface area (TPSA) is 35.5 Å². The van der Waals surface area contributed by atoms with E-state index in [4.69, 9.17) is 0 Å². The first-order chi connectivity index (χ1) is 7.91. The summed E-state index contributed by atoms with van der Waals surface area (Å²) < 4.78 is 36.6. The third kappa shape index (κ3) is 4.81. The standard InChI is InChI=1S/C11H21F3N2O/c1-2-16-6-3-4-10(9-17,5-7-16)15-8-11(12,13)14/h15,17H,2-9H2,1H3. The van der Waals surface area contributed by atoms with Gasteiger partial charge in [0.25, 0.3) is 0 Å². The number of likely N-dealkylation sites (tertiary alicyclic amines) is 1. The summed E-state index contributed by atoms with van der Waals surface area (Å²) in [5.74, 6) is 0. The molecule has 1 heterocycles. The van der Waals surface area contributed by atoms with Crippen molar-refractivity contribution in [3.8, 4) is 0 Å². The van der Waals surface area contributed by atoms with Crippen molar-refractivity contribution >= 4 is 0 Å². The summed E-state index contributed by atoms with van der Waals surface area (Å²) in [6.45, 7) is 3.31. The molecule has 1 aliphatic heterocycles. The van der Waals surface area contributed by atoms with Crippen molar-refractivity contribution in [2.45, 2.75) is 37.9 Å². The Morgan fingerprint density at radius 1 is 1.29 bits per heavy atom. The van der Waals surface area contributed by atoms with Crippen LogP contribution in [0.15, 0.2) is 0 Å². The molecule has 2 N–H and O–H groups in total. The van der Waals surface area contributed by atoms with Crippen LogP contribution in [0.25, 0.3) is 0 Å². The number of hydrogen-bond donors (Lipinski definition) is 2. The van der Waals surface area contributed by atoms with Crippen LogP contribution in [0, 0.1) is 0 Å². The SMILES string of the molecule is CCN1CCCC(CO)(NCC(F)(F)F)CC1. The monoisotopic (exact) mass is 254 g/mol. The van der Waals surface area contributed by atoms with Gasteiger partial charge in [0, 0.05) is 5.54 Å². The van der Waals surface area contributed by atoms with Crippen molar-refractivity contribution in [1.82, 2.24) is 10.2 Å². The summed E-state index contributed by atoms with van der Waals surface area (Å²) in [4.78, 5) is 2.20. The van der Waals surface area contributed by atoms with Gasteiger partial charge in [-0.15, -0.1) is 0 Å². The molecule has 0 aliphatic carbocycles. The number of nitrogens with zero attached hydrogens (tertiary/aromatic N) is 1. The van der Waals surface area contributed by atoms with Crippen LogP contribution >= 0.6 is 0 Å². The first-order valence-corrected chi connectivity index (χ1v) is 6.06. The maximum atomic E-state index is 12.2. The van der Waals surface area contributed by atoms with Gasteiger partial charge in [-0.25, -0.2) is 0 Å². The summed E-state index contributed by atoms with van der Waals surface area (Å²) in [7, 11) is 0. The van der Waals surface area contributed by atoms with Gasteiger partial charge in [0.15, 0.2) is 0 Å². The fraction of sp³-hybridized carbons (Fsp3) is 1.00. The molecule has 0 bridgehead atoms. The van der Waals surface area contributed by atoms with E-state index in [-0.39, 0.29) is 6.61 Å². The Labute approximate surface area is 100.0 Å². The number of aliphatic hydroxyl groups is 1. The highest BCUT2D eigenvalue weighted by atomic mass is 19.4. The van der Waals surface area contributed by atoms with E-state index in [1.807, 2.05) is 6.92 Å². The largest absolute Gasteiger partial charge is 0.401 e. The molecule has 1 aliphatic rings. The molecule has 3 nitrogen and oxygen atoms in total. The summed E-state index contributed by atoms with van der Waals surface area (Å²) in [5, 5.41) is 11.9. The molecule has 0 aromatic carbocycles. The van der Waals surface area contributed by atoms with E-state index < -0.39 is 18.3 Å². The van der Waals surface area contributed by atoms with Crippen molar-refractivity contribution < 1.29 is 18.3 Å². The fourth-order valence-electron chi connectivity index (χ4n) is 2.24. The zero-order valence-corrected chi connectivity index (χ0v) is 10.2. The molecule has 0 aromatic heterocycles. The van der Waals surface area contributed by atoms with Gasteiger partial charge in [-0.1, -0.05) is 6.92 Å². The molecule has 0 radical (unpaired) electrons. The molecule has 6 heteroatoms. The van der Waals surface area contributed by atoms with Gasteiger partial charge in [0.05, 0.1) is 13.2 Å². The van der Waals surface area contributed by atoms with Gasteiger partial charge in [-0.05, 0) is 38.9 Å². The second-order valence-corrected chi connectivity index (χ2v) is 4.69. The zero-order chi connectivity index (χ0) is 12.9. The Kier molecular flexibility index (Phi) is 5.22. The van der Waals surface area contributed by atoms with Gasteiger partial charge in [-0.2, -0.15) is 13.2 Å². The van der Waals surface area contributed by atoms with Crippen LogP contribution in [0.4, 0.5) is 13.2 Å². The lowest BCUT2D eigenvalue weighted by Crippen LogP contribution is -2.52. The molecule has 102 valence electrons. The second kappa shape index (κ2) is 6.02. The molecular weight excluding hydrogens is 233 g/mol. The molecule has 0 saturated carbocycles. The number of aliphatic hydroxyl groups excluding tert-OH is 1. The van der Waals surface area contributed by atoms with Crippen molar-refractivity contribution in [2.24, 2.45) is 0 Å². The van der Waals surface area contributed by atoms with E-state index in [1.165, 1.54) is 0 Å². The first kappa shape index (κ1) is 14.7. The van der Waals surface area contributed by atoms with E-state index >= 15 is 0 Å². The van der Waals surface area contributed by atoms with Crippen LogP contribution in [0.3, 0.4) is 0 Å². The van der Waals surface area contributed by atoms with Crippen molar-refractivity contribution in [1.29, 1.82) is 0 Å². The van der Waals surface area contributed by atoms with Crippen LogP contribution in [0.5, 0.6) is 0 Å². The van der Waals surface area contributed by atoms with Crippen LogP contribution in [0.1, 0.15) is 26.2 Å².